The molecule has 0 bridgehead atoms. The first-order valence-corrected chi connectivity index (χ1v) is 5.86. The van der Waals surface area contributed by atoms with Crippen molar-refractivity contribution in [3.63, 3.8) is 0 Å². The molecule has 2 aromatic carbocycles. The number of benzene rings is 2. The first-order valence-electron chi connectivity index (χ1n) is 4.69. The molecule has 2 rings (SSSR count). The minimum Gasteiger partial charge on any atom is -0.0840 e. The quantitative estimate of drug-likeness (QED) is 0.684. The Labute approximate surface area is 103 Å². The van der Waals surface area contributed by atoms with E-state index in [1.165, 1.54) is 11.1 Å². The molecule has 0 radical (unpaired) electrons. The molecule has 0 saturated heterocycles. The topological polar surface area (TPSA) is 0 Å². The van der Waals surface area contributed by atoms with Crippen LogP contribution in [0.15, 0.2) is 46.9 Å². The van der Waals surface area contributed by atoms with Crippen molar-refractivity contribution in [2.75, 3.05) is 0 Å². The summed E-state index contributed by atoms with van der Waals surface area (Å²) < 4.78 is 1.08. The van der Waals surface area contributed by atoms with E-state index in [1.807, 2.05) is 31.2 Å². The molecule has 2 aromatic rings. The van der Waals surface area contributed by atoms with Gasteiger partial charge in [0.05, 0.1) is 0 Å². The van der Waals surface area contributed by atoms with Crippen LogP contribution in [-0.4, -0.2) is 0 Å². The van der Waals surface area contributed by atoms with E-state index in [-0.39, 0.29) is 0 Å². The Hall–Kier alpha value is -0.790. The lowest BCUT2D eigenvalue weighted by molar-refractivity contribution is 1.45. The van der Waals surface area contributed by atoms with Crippen LogP contribution >= 0.6 is 27.5 Å². The van der Waals surface area contributed by atoms with E-state index in [9.17, 15) is 0 Å². The summed E-state index contributed by atoms with van der Waals surface area (Å²) in [6.07, 6.45) is 0. The van der Waals surface area contributed by atoms with Gasteiger partial charge in [0.25, 0.3) is 0 Å². The van der Waals surface area contributed by atoms with Crippen molar-refractivity contribution < 1.29 is 0 Å². The standard InChI is InChI=1S/C13H10BrCl/c1-9-12(6-3-7-13(9)15)10-4-2-5-11(14)8-10/h2-8H,1H3. The lowest BCUT2D eigenvalue weighted by Gasteiger charge is -2.07. The highest BCUT2D eigenvalue weighted by molar-refractivity contribution is 9.10. The Bertz CT molecular complexity index is 492. The van der Waals surface area contributed by atoms with Crippen LogP contribution in [0.25, 0.3) is 11.1 Å². The molecular weight excluding hydrogens is 272 g/mol. The smallest absolute Gasteiger partial charge is 0.0441 e. The molecule has 0 aromatic heterocycles. The molecule has 0 aliphatic heterocycles. The second-order valence-corrected chi connectivity index (χ2v) is 4.75. The summed E-state index contributed by atoms with van der Waals surface area (Å²) in [5.74, 6) is 0. The maximum atomic E-state index is 6.09. The zero-order chi connectivity index (χ0) is 10.8. The molecular formula is C13H10BrCl. The maximum Gasteiger partial charge on any atom is 0.0441 e. The molecule has 0 nitrogen and oxygen atoms in total. The predicted octanol–water partition coefficient (Wildman–Crippen LogP) is 5.08. The van der Waals surface area contributed by atoms with E-state index >= 15 is 0 Å². The van der Waals surface area contributed by atoms with Crippen LogP contribution in [0.3, 0.4) is 0 Å². The summed E-state index contributed by atoms with van der Waals surface area (Å²) in [7, 11) is 0. The van der Waals surface area contributed by atoms with Crippen molar-refractivity contribution in [1.82, 2.24) is 0 Å². The molecule has 0 heterocycles. The van der Waals surface area contributed by atoms with Crippen molar-refractivity contribution >= 4 is 27.5 Å². The van der Waals surface area contributed by atoms with Gasteiger partial charge < -0.3 is 0 Å². The van der Waals surface area contributed by atoms with Gasteiger partial charge in [-0.15, -0.1) is 0 Å². The SMILES string of the molecule is Cc1c(Cl)cccc1-c1cccc(Br)c1. The summed E-state index contributed by atoms with van der Waals surface area (Å²) >= 11 is 9.56. The summed E-state index contributed by atoms with van der Waals surface area (Å²) in [6, 6.07) is 14.2. The van der Waals surface area contributed by atoms with Crippen LogP contribution in [0.2, 0.25) is 5.02 Å². The monoisotopic (exact) mass is 280 g/mol. The molecule has 0 amide bonds. The third-order valence-electron chi connectivity index (χ3n) is 2.40. The molecule has 76 valence electrons. The lowest BCUT2D eigenvalue weighted by Crippen LogP contribution is -1.83. The van der Waals surface area contributed by atoms with Gasteiger partial charge >= 0.3 is 0 Å². The van der Waals surface area contributed by atoms with Crippen molar-refractivity contribution in [1.29, 1.82) is 0 Å². The third kappa shape index (κ3) is 2.24. The van der Waals surface area contributed by atoms with Gasteiger partial charge in [0.2, 0.25) is 0 Å². The van der Waals surface area contributed by atoms with E-state index in [0.717, 1.165) is 15.1 Å². The Morgan fingerprint density at radius 3 is 2.53 bits per heavy atom. The van der Waals surface area contributed by atoms with Crippen LogP contribution in [0.1, 0.15) is 5.56 Å². The van der Waals surface area contributed by atoms with E-state index in [4.69, 9.17) is 11.6 Å². The van der Waals surface area contributed by atoms with Crippen LogP contribution in [0.5, 0.6) is 0 Å². The van der Waals surface area contributed by atoms with Gasteiger partial charge in [0.15, 0.2) is 0 Å². The third-order valence-corrected chi connectivity index (χ3v) is 3.31. The predicted molar refractivity (Wildman–Crippen MR) is 69.3 cm³/mol. The molecule has 0 atom stereocenters. The second-order valence-electron chi connectivity index (χ2n) is 3.42. The average molecular weight is 282 g/mol. The minimum absolute atomic E-state index is 0.812. The van der Waals surface area contributed by atoms with E-state index < -0.39 is 0 Å². The van der Waals surface area contributed by atoms with Crippen LogP contribution < -0.4 is 0 Å². The van der Waals surface area contributed by atoms with E-state index in [1.54, 1.807) is 0 Å². The minimum atomic E-state index is 0.812. The first kappa shape index (κ1) is 10.7. The highest BCUT2D eigenvalue weighted by atomic mass is 79.9. The number of hydrogen-bond donors (Lipinski definition) is 0. The van der Waals surface area contributed by atoms with Crippen LogP contribution in [-0.2, 0) is 0 Å². The van der Waals surface area contributed by atoms with Gasteiger partial charge in [0.1, 0.15) is 0 Å². The van der Waals surface area contributed by atoms with Crippen molar-refractivity contribution in [2.24, 2.45) is 0 Å². The fraction of sp³-hybridized carbons (Fsp3) is 0.0769. The van der Waals surface area contributed by atoms with E-state index in [0.29, 0.717) is 0 Å². The molecule has 0 aliphatic carbocycles. The Kier molecular flexibility index (Phi) is 3.13. The Morgan fingerprint density at radius 2 is 1.80 bits per heavy atom. The number of halogens is 2. The summed E-state index contributed by atoms with van der Waals surface area (Å²) in [4.78, 5) is 0. The van der Waals surface area contributed by atoms with Crippen molar-refractivity contribution in [3.8, 4) is 11.1 Å². The molecule has 0 aliphatic rings. The van der Waals surface area contributed by atoms with Gasteiger partial charge in [-0.05, 0) is 41.8 Å². The summed E-state index contributed by atoms with van der Waals surface area (Å²) in [5.41, 5.74) is 3.49. The maximum absolute atomic E-state index is 6.09. The fourth-order valence-electron chi connectivity index (χ4n) is 1.58. The normalized spacial score (nSPS) is 10.3. The van der Waals surface area contributed by atoms with Crippen LogP contribution in [0, 0.1) is 6.92 Å². The van der Waals surface area contributed by atoms with Crippen LogP contribution in [0.4, 0.5) is 0 Å². The largest absolute Gasteiger partial charge is 0.0840 e. The molecule has 15 heavy (non-hydrogen) atoms. The van der Waals surface area contributed by atoms with E-state index in [2.05, 4.69) is 34.1 Å². The number of rotatable bonds is 1. The lowest BCUT2D eigenvalue weighted by atomic mass is 10.0. The molecule has 0 fully saturated rings. The number of hydrogen-bond acceptors (Lipinski definition) is 0. The zero-order valence-corrected chi connectivity index (χ0v) is 10.6. The molecule has 2 heteroatoms. The second kappa shape index (κ2) is 4.38. The Morgan fingerprint density at radius 1 is 1.07 bits per heavy atom. The van der Waals surface area contributed by atoms with Gasteiger partial charge in [0, 0.05) is 9.50 Å². The highest BCUT2D eigenvalue weighted by Gasteiger charge is 2.04. The first-order chi connectivity index (χ1) is 7.18. The van der Waals surface area contributed by atoms with Crippen molar-refractivity contribution in [2.45, 2.75) is 6.92 Å². The zero-order valence-electron chi connectivity index (χ0n) is 8.30. The van der Waals surface area contributed by atoms with Gasteiger partial charge in [-0.2, -0.15) is 0 Å². The fourth-order valence-corrected chi connectivity index (χ4v) is 2.15. The van der Waals surface area contributed by atoms with Crippen molar-refractivity contribution in [3.05, 3.63) is 57.5 Å². The molecule has 0 N–H and O–H groups in total. The van der Waals surface area contributed by atoms with Gasteiger partial charge in [-0.3, -0.25) is 0 Å². The molecule has 0 spiro atoms. The average Bonchev–Trinajstić information content (AvgIpc) is 2.22. The van der Waals surface area contributed by atoms with Gasteiger partial charge in [-0.25, -0.2) is 0 Å². The van der Waals surface area contributed by atoms with Gasteiger partial charge in [-0.1, -0.05) is 51.8 Å². The highest BCUT2D eigenvalue weighted by Crippen LogP contribution is 2.29. The molecule has 0 saturated carbocycles. The Balaban J connectivity index is 2.59. The summed E-state index contributed by atoms with van der Waals surface area (Å²) in [5, 5.41) is 0.812. The summed E-state index contributed by atoms with van der Waals surface area (Å²) in [6.45, 7) is 2.04. The molecule has 0 unspecified atom stereocenters.